The maximum atomic E-state index is 5.74. The lowest BCUT2D eigenvalue weighted by Gasteiger charge is -2.26. The van der Waals surface area contributed by atoms with Crippen LogP contribution in [-0.2, 0) is 17.9 Å². The van der Waals surface area contributed by atoms with Crippen LogP contribution in [0.4, 0.5) is 0 Å². The summed E-state index contributed by atoms with van der Waals surface area (Å²) < 4.78 is 5.74. The van der Waals surface area contributed by atoms with Gasteiger partial charge in [0.1, 0.15) is 0 Å². The molecule has 1 aromatic rings. The molecule has 1 aliphatic rings. The zero-order valence-electron chi connectivity index (χ0n) is 11.1. The normalized spacial score (nSPS) is 16.9. The van der Waals surface area contributed by atoms with Crippen LogP contribution in [0.2, 0.25) is 0 Å². The maximum absolute atomic E-state index is 5.74. The van der Waals surface area contributed by atoms with Gasteiger partial charge >= 0.3 is 0 Å². The second-order valence-electron chi connectivity index (χ2n) is 4.98. The van der Waals surface area contributed by atoms with Crippen molar-refractivity contribution in [3.8, 4) is 0 Å². The molecule has 0 saturated carbocycles. The fourth-order valence-corrected chi connectivity index (χ4v) is 2.41. The third-order valence-corrected chi connectivity index (χ3v) is 3.50. The molecule has 0 aromatic heterocycles. The van der Waals surface area contributed by atoms with Gasteiger partial charge in [0.2, 0.25) is 0 Å². The quantitative estimate of drug-likeness (QED) is 0.784. The second kappa shape index (κ2) is 7.52. The van der Waals surface area contributed by atoms with Gasteiger partial charge in [-0.25, -0.2) is 0 Å². The number of hydrogen-bond donors (Lipinski definition) is 1. The summed E-state index contributed by atoms with van der Waals surface area (Å²) >= 11 is 0. The second-order valence-corrected chi connectivity index (χ2v) is 4.98. The van der Waals surface area contributed by atoms with Gasteiger partial charge in [-0.05, 0) is 37.1 Å². The molecule has 3 heteroatoms. The summed E-state index contributed by atoms with van der Waals surface area (Å²) in [6.45, 7) is 5.67. The largest absolute Gasteiger partial charge is 0.375 e. The number of nitrogens with zero attached hydrogens (tertiary/aromatic N) is 1. The van der Waals surface area contributed by atoms with Crippen LogP contribution in [0.3, 0.4) is 0 Å². The number of likely N-dealkylation sites (tertiary alicyclic amines) is 1. The van der Waals surface area contributed by atoms with Crippen LogP contribution < -0.4 is 5.73 Å². The molecule has 0 aliphatic carbocycles. The van der Waals surface area contributed by atoms with Crippen LogP contribution in [0.15, 0.2) is 24.3 Å². The molecule has 0 amide bonds. The van der Waals surface area contributed by atoms with Gasteiger partial charge in [-0.15, -0.1) is 0 Å². The van der Waals surface area contributed by atoms with Gasteiger partial charge in [0.05, 0.1) is 13.2 Å². The predicted molar refractivity (Wildman–Crippen MR) is 74.3 cm³/mol. The average Bonchev–Trinajstić information content (AvgIpc) is 2.45. The van der Waals surface area contributed by atoms with E-state index in [1.54, 1.807) is 0 Å². The lowest BCUT2D eigenvalue weighted by Crippen LogP contribution is -2.32. The molecule has 100 valence electrons. The molecule has 0 spiro atoms. The molecule has 0 atom stereocenters. The Bertz CT molecular complexity index is 348. The first-order valence-electron chi connectivity index (χ1n) is 6.96. The molecule has 1 fully saturated rings. The number of rotatable bonds is 6. The highest BCUT2D eigenvalue weighted by Gasteiger charge is 2.08. The molecule has 0 bridgehead atoms. The lowest BCUT2D eigenvalue weighted by atomic mass is 10.1. The van der Waals surface area contributed by atoms with Gasteiger partial charge in [-0.1, -0.05) is 30.7 Å². The zero-order valence-corrected chi connectivity index (χ0v) is 11.1. The molecule has 0 unspecified atom stereocenters. The number of benzene rings is 1. The van der Waals surface area contributed by atoms with Gasteiger partial charge < -0.3 is 15.4 Å². The van der Waals surface area contributed by atoms with Gasteiger partial charge in [0.15, 0.2) is 0 Å². The van der Waals surface area contributed by atoms with Crippen molar-refractivity contribution in [2.75, 3.05) is 26.2 Å². The number of hydrogen-bond acceptors (Lipinski definition) is 3. The van der Waals surface area contributed by atoms with Crippen molar-refractivity contribution in [3.05, 3.63) is 35.4 Å². The van der Waals surface area contributed by atoms with E-state index in [9.17, 15) is 0 Å². The van der Waals surface area contributed by atoms with Gasteiger partial charge in [-0.3, -0.25) is 0 Å². The molecule has 0 radical (unpaired) electrons. The monoisotopic (exact) mass is 248 g/mol. The van der Waals surface area contributed by atoms with E-state index in [4.69, 9.17) is 10.5 Å². The fraction of sp³-hybridized carbons (Fsp3) is 0.600. The third-order valence-electron chi connectivity index (χ3n) is 3.50. The molecule has 1 aliphatic heterocycles. The first-order valence-corrected chi connectivity index (χ1v) is 6.96. The minimum absolute atomic E-state index is 0.599. The topological polar surface area (TPSA) is 38.5 Å². The van der Waals surface area contributed by atoms with Crippen LogP contribution >= 0.6 is 0 Å². The molecular weight excluding hydrogens is 224 g/mol. The van der Waals surface area contributed by atoms with Crippen molar-refractivity contribution in [1.82, 2.24) is 4.90 Å². The van der Waals surface area contributed by atoms with E-state index in [1.807, 2.05) is 6.07 Å². The van der Waals surface area contributed by atoms with E-state index >= 15 is 0 Å². The zero-order chi connectivity index (χ0) is 12.6. The highest BCUT2D eigenvalue weighted by molar-refractivity contribution is 5.22. The minimum atomic E-state index is 0.599. The van der Waals surface area contributed by atoms with Crippen LogP contribution in [0.25, 0.3) is 0 Å². The van der Waals surface area contributed by atoms with Crippen molar-refractivity contribution in [1.29, 1.82) is 0 Å². The number of nitrogens with two attached hydrogens (primary N) is 1. The van der Waals surface area contributed by atoms with E-state index in [-0.39, 0.29) is 0 Å². The van der Waals surface area contributed by atoms with Crippen LogP contribution in [0, 0.1) is 0 Å². The number of piperidine rings is 1. The van der Waals surface area contributed by atoms with Crippen LogP contribution in [0.1, 0.15) is 30.4 Å². The Morgan fingerprint density at radius 1 is 1.11 bits per heavy atom. The third kappa shape index (κ3) is 4.41. The summed E-state index contributed by atoms with van der Waals surface area (Å²) in [4.78, 5) is 2.50. The molecule has 1 aromatic carbocycles. The molecule has 1 heterocycles. The van der Waals surface area contributed by atoms with E-state index < -0.39 is 0 Å². The van der Waals surface area contributed by atoms with E-state index in [1.165, 1.54) is 43.5 Å². The van der Waals surface area contributed by atoms with Gasteiger partial charge in [0, 0.05) is 13.1 Å². The highest BCUT2D eigenvalue weighted by atomic mass is 16.5. The Morgan fingerprint density at radius 2 is 1.89 bits per heavy atom. The Morgan fingerprint density at radius 3 is 2.67 bits per heavy atom. The van der Waals surface area contributed by atoms with E-state index in [0.29, 0.717) is 13.2 Å². The average molecular weight is 248 g/mol. The summed E-state index contributed by atoms with van der Waals surface area (Å²) in [5, 5.41) is 0. The minimum Gasteiger partial charge on any atom is -0.375 e. The Labute approximate surface area is 110 Å². The van der Waals surface area contributed by atoms with Crippen molar-refractivity contribution >= 4 is 0 Å². The molecular formula is C15H24N2O. The number of ether oxygens (including phenoxy) is 1. The predicted octanol–water partition coefficient (Wildman–Crippen LogP) is 2.15. The van der Waals surface area contributed by atoms with E-state index in [2.05, 4.69) is 23.1 Å². The Hall–Kier alpha value is -0.900. The van der Waals surface area contributed by atoms with Crippen molar-refractivity contribution in [2.24, 2.45) is 5.73 Å². The summed E-state index contributed by atoms with van der Waals surface area (Å²) in [6.07, 6.45) is 4.08. The lowest BCUT2D eigenvalue weighted by molar-refractivity contribution is 0.0863. The first kappa shape index (κ1) is 13.5. The van der Waals surface area contributed by atoms with Crippen LogP contribution in [0.5, 0.6) is 0 Å². The van der Waals surface area contributed by atoms with Gasteiger partial charge in [0.25, 0.3) is 0 Å². The highest BCUT2D eigenvalue weighted by Crippen LogP contribution is 2.09. The standard InChI is InChI=1S/C15H24N2O/c16-12-14-5-4-6-15(11-14)13-18-10-9-17-7-2-1-3-8-17/h4-6,11H,1-3,7-10,12-13,16H2. The van der Waals surface area contributed by atoms with Crippen molar-refractivity contribution in [2.45, 2.75) is 32.4 Å². The van der Waals surface area contributed by atoms with E-state index in [0.717, 1.165) is 13.2 Å². The van der Waals surface area contributed by atoms with Crippen LogP contribution in [-0.4, -0.2) is 31.1 Å². The first-order chi connectivity index (χ1) is 8.88. The summed E-state index contributed by atoms with van der Waals surface area (Å²) in [6, 6.07) is 8.32. The van der Waals surface area contributed by atoms with Crippen molar-refractivity contribution < 1.29 is 4.74 Å². The molecule has 2 rings (SSSR count). The SMILES string of the molecule is NCc1cccc(COCCN2CCCCC2)c1. The molecule has 3 nitrogen and oxygen atoms in total. The summed E-state index contributed by atoms with van der Waals surface area (Å²) in [5.74, 6) is 0. The Kier molecular flexibility index (Phi) is 5.65. The Balaban J connectivity index is 1.65. The summed E-state index contributed by atoms with van der Waals surface area (Å²) in [5.41, 5.74) is 8.02. The maximum Gasteiger partial charge on any atom is 0.0717 e. The molecule has 2 N–H and O–H groups in total. The molecule has 18 heavy (non-hydrogen) atoms. The van der Waals surface area contributed by atoms with Gasteiger partial charge in [-0.2, -0.15) is 0 Å². The molecule has 1 saturated heterocycles. The fourth-order valence-electron chi connectivity index (χ4n) is 2.41. The summed E-state index contributed by atoms with van der Waals surface area (Å²) in [7, 11) is 0. The smallest absolute Gasteiger partial charge is 0.0717 e. The van der Waals surface area contributed by atoms with Crippen molar-refractivity contribution in [3.63, 3.8) is 0 Å².